The normalized spacial score (nSPS) is 38.8. The predicted molar refractivity (Wildman–Crippen MR) is 181 cm³/mol. The zero-order valence-corrected chi connectivity index (χ0v) is 29.2. The first kappa shape index (κ1) is 32.6. The molecule has 4 aliphatic rings. The van der Waals surface area contributed by atoms with Gasteiger partial charge in [-0.25, -0.2) is 0 Å². The van der Waals surface area contributed by atoms with Crippen molar-refractivity contribution in [3.05, 3.63) is 41.0 Å². The Hall–Kier alpha value is -1.77. The molecule has 0 heterocycles. The first-order chi connectivity index (χ1) is 20.1. The van der Waals surface area contributed by atoms with E-state index < -0.39 is 0 Å². The quantitative estimate of drug-likeness (QED) is 0.186. The van der Waals surface area contributed by atoms with Gasteiger partial charge in [0.15, 0.2) is 0 Å². The summed E-state index contributed by atoms with van der Waals surface area (Å²) >= 11 is 0. The summed E-state index contributed by atoms with van der Waals surface area (Å²) in [6, 6.07) is 6.10. The summed E-state index contributed by atoms with van der Waals surface area (Å²) in [5.74, 6) is 3.85. The van der Waals surface area contributed by atoms with Crippen LogP contribution in [-0.2, 0) is 16.0 Å². The van der Waals surface area contributed by atoms with Gasteiger partial charge in [-0.15, -0.1) is 0 Å². The fourth-order valence-electron chi connectivity index (χ4n) is 12.0. The lowest BCUT2D eigenvalue weighted by Gasteiger charge is -2.67. The SMILES string of the molecule is CC(C)=CCCC(C)C1CCC2(C)C3CCC4C(C)(C)C(OC(=O)CCc5cc(C)cc(N)c5)CCC4(C)C3CCC12C. The molecule has 0 aromatic heterocycles. The molecule has 240 valence electrons. The van der Waals surface area contributed by atoms with Crippen molar-refractivity contribution in [1.82, 2.24) is 0 Å². The van der Waals surface area contributed by atoms with Crippen molar-refractivity contribution < 1.29 is 9.53 Å². The van der Waals surface area contributed by atoms with Crippen LogP contribution in [0.25, 0.3) is 0 Å². The number of esters is 1. The fourth-order valence-corrected chi connectivity index (χ4v) is 12.0. The van der Waals surface area contributed by atoms with Crippen molar-refractivity contribution in [2.24, 2.45) is 51.2 Å². The second-order valence-electron chi connectivity index (χ2n) is 17.3. The molecule has 1 aromatic carbocycles. The van der Waals surface area contributed by atoms with Gasteiger partial charge in [0.25, 0.3) is 0 Å². The monoisotopic (exact) mass is 589 g/mol. The smallest absolute Gasteiger partial charge is 0.306 e. The van der Waals surface area contributed by atoms with Crippen LogP contribution in [0.5, 0.6) is 0 Å². The van der Waals surface area contributed by atoms with E-state index in [0.717, 1.165) is 46.9 Å². The van der Waals surface area contributed by atoms with E-state index in [9.17, 15) is 4.79 Å². The van der Waals surface area contributed by atoms with Crippen LogP contribution in [0.15, 0.2) is 29.8 Å². The minimum absolute atomic E-state index is 0.000695. The number of hydrogen-bond acceptors (Lipinski definition) is 3. The topological polar surface area (TPSA) is 52.3 Å². The maximum absolute atomic E-state index is 13.1. The number of fused-ring (bicyclic) bond motifs is 5. The molecular weight excluding hydrogens is 526 g/mol. The first-order valence-electron chi connectivity index (χ1n) is 17.8. The zero-order valence-electron chi connectivity index (χ0n) is 29.2. The van der Waals surface area contributed by atoms with E-state index in [1.165, 1.54) is 63.4 Å². The van der Waals surface area contributed by atoms with Crippen LogP contribution in [0.2, 0.25) is 0 Å². The van der Waals surface area contributed by atoms with Crippen LogP contribution in [-0.4, -0.2) is 12.1 Å². The third-order valence-electron chi connectivity index (χ3n) is 14.4. The molecule has 3 heteroatoms. The molecule has 9 unspecified atom stereocenters. The highest BCUT2D eigenvalue weighted by molar-refractivity contribution is 5.70. The third kappa shape index (κ3) is 5.74. The molecule has 4 aliphatic carbocycles. The van der Waals surface area contributed by atoms with Crippen LogP contribution in [0, 0.1) is 58.2 Å². The Morgan fingerprint density at radius 1 is 0.953 bits per heavy atom. The molecule has 43 heavy (non-hydrogen) atoms. The molecular formula is C40H63NO2. The van der Waals surface area contributed by atoms with Crippen molar-refractivity contribution in [2.45, 2.75) is 145 Å². The number of nitrogens with two attached hydrogens (primary N) is 1. The lowest BCUT2D eigenvalue weighted by atomic mass is 9.38. The maximum atomic E-state index is 13.1. The Labute approximate surface area is 264 Å². The number of rotatable bonds is 8. The number of nitrogen functional groups attached to an aromatic ring is 1. The van der Waals surface area contributed by atoms with Crippen molar-refractivity contribution in [2.75, 3.05) is 5.73 Å². The van der Waals surface area contributed by atoms with Gasteiger partial charge < -0.3 is 10.5 Å². The second kappa shape index (κ2) is 11.9. The summed E-state index contributed by atoms with van der Waals surface area (Å²) in [6.45, 7) is 22.0. The van der Waals surface area contributed by atoms with E-state index in [1.54, 1.807) is 0 Å². The Morgan fingerprint density at radius 3 is 2.37 bits per heavy atom. The minimum atomic E-state index is -0.0490. The molecule has 4 fully saturated rings. The van der Waals surface area contributed by atoms with Gasteiger partial charge in [-0.05, 0) is 160 Å². The minimum Gasteiger partial charge on any atom is -0.462 e. The van der Waals surface area contributed by atoms with E-state index in [-0.39, 0.29) is 17.5 Å². The molecule has 0 spiro atoms. The molecule has 5 rings (SSSR count). The molecule has 0 aliphatic heterocycles. The van der Waals surface area contributed by atoms with Crippen molar-refractivity contribution in [1.29, 1.82) is 0 Å². The van der Waals surface area contributed by atoms with Crippen LogP contribution >= 0.6 is 0 Å². The molecule has 0 radical (unpaired) electrons. The van der Waals surface area contributed by atoms with Gasteiger partial charge in [0.2, 0.25) is 0 Å². The summed E-state index contributed by atoms with van der Waals surface area (Å²) in [6.07, 6.45) is 16.6. The fraction of sp³-hybridized carbons (Fsp3) is 0.775. The van der Waals surface area contributed by atoms with E-state index in [0.29, 0.717) is 35.0 Å². The number of carbonyl (C=O) groups excluding carboxylic acids is 1. The van der Waals surface area contributed by atoms with E-state index in [2.05, 4.69) is 74.5 Å². The van der Waals surface area contributed by atoms with E-state index >= 15 is 0 Å². The molecule has 9 atom stereocenters. The van der Waals surface area contributed by atoms with Crippen molar-refractivity contribution >= 4 is 11.7 Å². The molecule has 2 N–H and O–H groups in total. The zero-order chi connectivity index (χ0) is 31.4. The second-order valence-corrected chi connectivity index (χ2v) is 17.3. The van der Waals surface area contributed by atoms with Gasteiger partial charge in [0.05, 0.1) is 0 Å². The Bertz CT molecular complexity index is 1190. The summed E-state index contributed by atoms with van der Waals surface area (Å²) in [4.78, 5) is 13.1. The van der Waals surface area contributed by atoms with E-state index in [1.807, 2.05) is 12.1 Å². The van der Waals surface area contributed by atoms with Gasteiger partial charge in [-0.1, -0.05) is 59.3 Å². The highest BCUT2D eigenvalue weighted by Gasteiger charge is 2.67. The Morgan fingerprint density at radius 2 is 1.67 bits per heavy atom. The van der Waals surface area contributed by atoms with Gasteiger partial charge >= 0.3 is 5.97 Å². The molecule has 0 amide bonds. The average molecular weight is 590 g/mol. The maximum Gasteiger partial charge on any atom is 0.306 e. The molecule has 4 saturated carbocycles. The van der Waals surface area contributed by atoms with Crippen LogP contribution in [0.1, 0.15) is 137 Å². The predicted octanol–water partition coefficient (Wildman–Crippen LogP) is 10.5. The Balaban J connectivity index is 1.26. The largest absolute Gasteiger partial charge is 0.462 e. The van der Waals surface area contributed by atoms with Gasteiger partial charge in [0, 0.05) is 17.5 Å². The summed E-state index contributed by atoms with van der Waals surface area (Å²) in [5, 5.41) is 0. The van der Waals surface area contributed by atoms with Gasteiger partial charge in [0.1, 0.15) is 6.10 Å². The first-order valence-corrected chi connectivity index (χ1v) is 17.8. The highest BCUT2D eigenvalue weighted by atomic mass is 16.5. The summed E-state index contributed by atoms with van der Waals surface area (Å²) in [5.41, 5.74) is 11.8. The molecule has 0 bridgehead atoms. The van der Waals surface area contributed by atoms with Gasteiger partial charge in [-0.2, -0.15) is 0 Å². The number of aryl methyl sites for hydroxylation is 2. The highest BCUT2D eigenvalue weighted by Crippen LogP contribution is 2.74. The number of allylic oxidation sites excluding steroid dienone is 2. The van der Waals surface area contributed by atoms with Crippen LogP contribution in [0.3, 0.4) is 0 Å². The number of anilines is 1. The standard InChI is InChI=1S/C40H63NO2/c1-26(2)11-10-12-28(4)31-17-21-40(9)33-14-15-34-37(5,6)35(19-20-38(34,7)32(33)18-22-39(31,40)8)43-36(42)16-13-29-23-27(3)24-30(41)25-29/h11,23-25,28,31-35H,10,12-22,41H2,1-9H3. The molecule has 3 nitrogen and oxygen atoms in total. The average Bonchev–Trinajstić information content (AvgIpc) is 3.19. The number of benzene rings is 1. The lowest BCUT2D eigenvalue weighted by Crippen LogP contribution is -2.62. The number of carbonyl (C=O) groups is 1. The summed E-state index contributed by atoms with van der Waals surface area (Å²) in [7, 11) is 0. The van der Waals surface area contributed by atoms with E-state index in [4.69, 9.17) is 10.5 Å². The van der Waals surface area contributed by atoms with Crippen LogP contribution < -0.4 is 5.73 Å². The summed E-state index contributed by atoms with van der Waals surface area (Å²) < 4.78 is 6.34. The van der Waals surface area contributed by atoms with Crippen molar-refractivity contribution in [3.63, 3.8) is 0 Å². The van der Waals surface area contributed by atoms with Crippen LogP contribution in [0.4, 0.5) is 5.69 Å². The van der Waals surface area contributed by atoms with Crippen molar-refractivity contribution in [3.8, 4) is 0 Å². The molecule has 0 saturated heterocycles. The number of hydrogen-bond donors (Lipinski definition) is 1. The van der Waals surface area contributed by atoms with Gasteiger partial charge in [-0.3, -0.25) is 4.79 Å². The lowest BCUT2D eigenvalue weighted by molar-refractivity contribution is -0.210. The number of ether oxygens (including phenoxy) is 1. The molecule has 1 aromatic rings. The Kier molecular flexibility index (Phi) is 9.00. The third-order valence-corrected chi connectivity index (χ3v) is 14.4.